The van der Waals surface area contributed by atoms with Crippen LogP contribution in [0.3, 0.4) is 0 Å². The van der Waals surface area contributed by atoms with E-state index in [9.17, 15) is 9.18 Å². The van der Waals surface area contributed by atoms with Crippen molar-refractivity contribution < 1.29 is 18.7 Å². The number of anilines is 3. The zero-order valence-electron chi connectivity index (χ0n) is 14.4. The van der Waals surface area contributed by atoms with Gasteiger partial charge in [0.05, 0.1) is 23.5 Å². The molecule has 2 aromatic carbocycles. The maximum Gasteiger partial charge on any atom is 0.315 e. The number of amides is 1. The molecular weight excluding hydrogens is 480 g/mol. The summed E-state index contributed by atoms with van der Waals surface area (Å²) in [4.78, 5) is 12.1. The summed E-state index contributed by atoms with van der Waals surface area (Å²) in [6.07, 6.45) is 0. The van der Waals surface area contributed by atoms with Gasteiger partial charge in [0.2, 0.25) is 0 Å². The Kier molecular flexibility index (Phi) is 5.13. The van der Waals surface area contributed by atoms with Crippen molar-refractivity contribution in [2.45, 2.75) is 6.54 Å². The van der Waals surface area contributed by atoms with Gasteiger partial charge < -0.3 is 25.5 Å². The normalized spacial score (nSPS) is 12.6. The van der Waals surface area contributed by atoms with Gasteiger partial charge in [-0.2, -0.15) is 0 Å². The topological polar surface area (TPSA) is 112 Å². The van der Waals surface area contributed by atoms with Crippen LogP contribution in [0.5, 0.6) is 0 Å². The second-order valence-corrected chi connectivity index (χ2v) is 7.30. The molecule has 0 bridgehead atoms. The van der Waals surface area contributed by atoms with E-state index in [0.29, 0.717) is 23.4 Å². The lowest BCUT2D eigenvalue weighted by molar-refractivity contribution is 0.0966. The van der Waals surface area contributed by atoms with Crippen LogP contribution < -0.4 is 16.0 Å². The Morgan fingerprint density at radius 3 is 2.86 bits per heavy atom. The molecule has 1 aliphatic heterocycles. The lowest BCUT2D eigenvalue weighted by atomic mass is 10.0. The molecule has 4 N–H and O–H groups in total. The van der Waals surface area contributed by atoms with Crippen LogP contribution in [0.1, 0.15) is 15.9 Å². The Hall–Kier alpha value is -2.73. The molecule has 1 amide bonds. The molecule has 144 valence electrons. The first-order chi connectivity index (χ1) is 13.5. The number of aliphatic hydroxyl groups excluding tert-OH is 1. The third-order valence-electron chi connectivity index (χ3n) is 4.17. The number of carbonyl (C=O) groups is 1. The summed E-state index contributed by atoms with van der Waals surface area (Å²) in [5.74, 6) is -0.404. The van der Waals surface area contributed by atoms with Crippen LogP contribution in [-0.4, -0.2) is 34.4 Å². The monoisotopic (exact) mass is 495 g/mol. The Morgan fingerprint density at radius 1 is 1.21 bits per heavy atom. The molecule has 8 nitrogen and oxygen atoms in total. The Labute approximate surface area is 172 Å². The molecule has 10 heteroatoms. The van der Waals surface area contributed by atoms with Gasteiger partial charge in [0, 0.05) is 22.2 Å². The van der Waals surface area contributed by atoms with Crippen LogP contribution in [0, 0.1) is 9.39 Å². The molecule has 0 saturated heterocycles. The van der Waals surface area contributed by atoms with Crippen molar-refractivity contribution in [3.05, 3.63) is 50.8 Å². The summed E-state index contributed by atoms with van der Waals surface area (Å²) in [6, 6.07) is 8.38. The highest BCUT2D eigenvalue weighted by Crippen LogP contribution is 2.35. The predicted molar refractivity (Wildman–Crippen MR) is 109 cm³/mol. The summed E-state index contributed by atoms with van der Waals surface area (Å²) in [6.45, 7) is 0.579. The summed E-state index contributed by atoms with van der Waals surface area (Å²) in [7, 11) is 0. The van der Waals surface area contributed by atoms with Crippen LogP contribution in [-0.2, 0) is 6.54 Å². The summed E-state index contributed by atoms with van der Waals surface area (Å²) < 4.78 is 20.7. The lowest BCUT2D eigenvalue weighted by Crippen LogP contribution is -2.12. The van der Waals surface area contributed by atoms with E-state index in [1.807, 2.05) is 22.6 Å². The highest BCUT2D eigenvalue weighted by molar-refractivity contribution is 14.1. The number of fused-ring (bicyclic) bond motifs is 1. The fourth-order valence-electron chi connectivity index (χ4n) is 2.86. The van der Waals surface area contributed by atoms with Gasteiger partial charge in [-0.1, -0.05) is 5.10 Å². The average Bonchev–Trinajstić information content (AvgIpc) is 3.29. The fourth-order valence-corrected chi connectivity index (χ4v) is 3.31. The van der Waals surface area contributed by atoms with Gasteiger partial charge in [0.25, 0.3) is 11.8 Å². The molecule has 3 aromatic rings. The van der Waals surface area contributed by atoms with Crippen LogP contribution in [0.15, 0.2) is 34.7 Å². The number of nitrogens with one attached hydrogen (secondary N) is 3. The zero-order valence-corrected chi connectivity index (χ0v) is 16.6. The second-order valence-electron chi connectivity index (χ2n) is 6.05. The van der Waals surface area contributed by atoms with Crippen molar-refractivity contribution in [2.75, 3.05) is 23.8 Å². The molecular formula is C18H15FIN5O3. The summed E-state index contributed by atoms with van der Waals surface area (Å²) in [5, 5.41) is 25.4. The van der Waals surface area contributed by atoms with Crippen LogP contribution in [0.2, 0.25) is 0 Å². The van der Waals surface area contributed by atoms with Gasteiger partial charge in [0.1, 0.15) is 5.82 Å². The molecule has 1 aliphatic rings. The largest absolute Gasteiger partial charge is 0.403 e. The number of carbonyl (C=O) groups excluding carboxylic acids is 1. The summed E-state index contributed by atoms with van der Waals surface area (Å²) in [5.41, 5.74) is 2.57. The molecule has 1 aromatic heterocycles. The second kappa shape index (κ2) is 7.72. The van der Waals surface area contributed by atoms with Crippen molar-refractivity contribution in [3.63, 3.8) is 0 Å². The van der Waals surface area contributed by atoms with E-state index in [1.54, 1.807) is 24.3 Å². The molecule has 0 unspecified atom stereocenters. The van der Waals surface area contributed by atoms with Crippen molar-refractivity contribution in [2.24, 2.45) is 0 Å². The third kappa shape index (κ3) is 3.64. The molecule has 0 atom stereocenters. The molecule has 0 spiro atoms. The van der Waals surface area contributed by atoms with Crippen LogP contribution in [0.25, 0.3) is 11.5 Å². The Bertz CT molecular complexity index is 1060. The first-order valence-corrected chi connectivity index (χ1v) is 9.49. The summed E-state index contributed by atoms with van der Waals surface area (Å²) >= 11 is 2.03. The van der Waals surface area contributed by atoms with E-state index in [1.165, 1.54) is 6.07 Å². The number of halogens is 2. The third-order valence-corrected chi connectivity index (χ3v) is 4.84. The van der Waals surface area contributed by atoms with E-state index >= 15 is 0 Å². The van der Waals surface area contributed by atoms with Crippen molar-refractivity contribution in [1.82, 2.24) is 15.5 Å². The van der Waals surface area contributed by atoms with E-state index in [0.717, 1.165) is 9.13 Å². The minimum absolute atomic E-state index is 0.0801. The maximum atomic E-state index is 14.3. The Morgan fingerprint density at radius 2 is 2.07 bits per heavy atom. The number of nitrogens with zero attached hydrogens (tertiary/aromatic N) is 2. The van der Waals surface area contributed by atoms with Crippen molar-refractivity contribution in [3.8, 4) is 11.5 Å². The van der Waals surface area contributed by atoms with Crippen molar-refractivity contribution >= 4 is 45.9 Å². The molecule has 0 fully saturated rings. The van der Waals surface area contributed by atoms with E-state index in [4.69, 9.17) is 9.52 Å². The minimum atomic E-state index is -0.418. The predicted octanol–water partition coefficient (Wildman–Crippen LogP) is 2.87. The highest BCUT2D eigenvalue weighted by atomic mass is 127. The molecule has 28 heavy (non-hydrogen) atoms. The van der Waals surface area contributed by atoms with Crippen LogP contribution >= 0.6 is 22.6 Å². The fraction of sp³-hybridized carbons (Fsp3) is 0.167. The maximum absolute atomic E-state index is 14.3. The quantitative estimate of drug-likeness (QED) is 0.389. The van der Waals surface area contributed by atoms with Gasteiger partial charge >= 0.3 is 6.01 Å². The lowest BCUT2D eigenvalue weighted by Gasteiger charge is -2.13. The van der Waals surface area contributed by atoms with E-state index in [2.05, 4.69) is 26.1 Å². The van der Waals surface area contributed by atoms with Gasteiger partial charge in [-0.3, -0.25) is 4.79 Å². The first-order valence-electron chi connectivity index (χ1n) is 8.41. The van der Waals surface area contributed by atoms with Gasteiger partial charge in [-0.05, 0) is 58.5 Å². The molecule has 2 heterocycles. The number of aliphatic hydroxyl groups is 1. The first kappa shape index (κ1) is 18.6. The van der Waals surface area contributed by atoms with Crippen molar-refractivity contribution in [1.29, 1.82) is 0 Å². The number of aromatic nitrogens is 2. The molecule has 0 aliphatic carbocycles. The number of hydrogen-bond donors (Lipinski definition) is 4. The van der Waals surface area contributed by atoms with Gasteiger partial charge in [-0.25, -0.2) is 4.39 Å². The molecule has 0 saturated carbocycles. The van der Waals surface area contributed by atoms with Gasteiger partial charge in [0.15, 0.2) is 0 Å². The number of benzene rings is 2. The smallest absolute Gasteiger partial charge is 0.315 e. The van der Waals surface area contributed by atoms with Crippen LogP contribution in [0.4, 0.5) is 21.8 Å². The van der Waals surface area contributed by atoms with Gasteiger partial charge in [-0.15, -0.1) is 5.10 Å². The van der Waals surface area contributed by atoms with E-state index in [-0.39, 0.29) is 36.7 Å². The van der Waals surface area contributed by atoms with E-state index < -0.39 is 5.82 Å². The highest BCUT2D eigenvalue weighted by Gasteiger charge is 2.24. The Balaban J connectivity index is 1.76. The number of rotatable bonds is 6. The average molecular weight is 495 g/mol. The molecule has 0 radical (unpaired) electrons. The molecule has 4 rings (SSSR count). The zero-order chi connectivity index (χ0) is 19.7. The standard InChI is InChI=1S/C18H15FIN5O3/c19-13-6-10(20)1-2-14(13)23-15-7-11-9(8-22-16(11)27)5-12(15)17-24-25-18(28-17)21-3-4-26/h1-2,5-7,23,26H,3-4,8H2,(H,21,25)(H,22,27). The minimum Gasteiger partial charge on any atom is -0.403 e. The SMILES string of the molecule is O=C1NCc2cc(-c3nnc(NCCO)o3)c(Nc3ccc(I)cc3F)cc21. The number of hydrogen-bond acceptors (Lipinski definition) is 7.